The zero-order valence-corrected chi connectivity index (χ0v) is 10.7. The second kappa shape index (κ2) is 4.97. The Kier molecular flexibility index (Phi) is 3.37. The summed E-state index contributed by atoms with van der Waals surface area (Å²) in [6.07, 6.45) is 2.28. The summed E-state index contributed by atoms with van der Waals surface area (Å²) in [5.74, 6) is -1.29. The summed E-state index contributed by atoms with van der Waals surface area (Å²) in [7, 11) is 1.70. The van der Waals surface area contributed by atoms with Gasteiger partial charge in [-0.25, -0.2) is 4.68 Å². The average Bonchev–Trinajstić information content (AvgIpc) is 2.59. The van der Waals surface area contributed by atoms with Crippen molar-refractivity contribution in [2.75, 3.05) is 0 Å². The van der Waals surface area contributed by atoms with Crippen LogP contribution in [0.5, 0.6) is 0 Å². The normalized spacial score (nSPS) is 11.1. The molecule has 1 aromatic heterocycles. The molecule has 0 aliphatic heterocycles. The topological polar surface area (TPSA) is 67.1 Å². The van der Waals surface area contributed by atoms with Crippen LogP contribution in [-0.4, -0.2) is 15.3 Å². The molecule has 0 spiro atoms. The van der Waals surface area contributed by atoms with Crippen LogP contribution in [0.15, 0.2) is 41.2 Å². The van der Waals surface area contributed by atoms with Crippen molar-refractivity contribution in [1.29, 1.82) is 0 Å². The number of hydrogen-bond donors (Lipinski definition) is 0. The van der Waals surface area contributed by atoms with Gasteiger partial charge < -0.3 is 9.90 Å². The van der Waals surface area contributed by atoms with E-state index in [4.69, 9.17) is 0 Å². The summed E-state index contributed by atoms with van der Waals surface area (Å²) < 4.78 is 3.11. The number of hydrogen-bond acceptors (Lipinski definition) is 3. The fourth-order valence-electron chi connectivity index (χ4n) is 1.99. The van der Waals surface area contributed by atoms with Crippen molar-refractivity contribution in [3.8, 4) is 5.69 Å². The number of carbonyl (C=O) groups excluding carboxylic acids is 1. The van der Waals surface area contributed by atoms with Crippen molar-refractivity contribution in [3.05, 3.63) is 58.0 Å². The number of rotatable bonds is 3. The quantitative estimate of drug-likeness (QED) is 0.740. The summed E-state index contributed by atoms with van der Waals surface area (Å²) in [4.78, 5) is 22.7. The lowest BCUT2D eigenvalue weighted by atomic mass is 10.2. The maximum atomic E-state index is 12.2. The van der Waals surface area contributed by atoms with Gasteiger partial charge in [0.15, 0.2) is 0 Å². The zero-order chi connectivity index (χ0) is 14.0. The van der Waals surface area contributed by atoms with E-state index in [2.05, 4.69) is 0 Å². The molecule has 5 heteroatoms. The molecule has 5 nitrogen and oxygen atoms in total. The number of aromatic nitrogens is 2. The summed E-state index contributed by atoms with van der Waals surface area (Å²) in [6, 6.07) is 9.16. The van der Waals surface area contributed by atoms with E-state index >= 15 is 0 Å². The van der Waals surface area contributed by atoms with Crippen LogP contribution in [0.3, 0.4) is 0 Å². The van der Waals surface area contributed by atoms with E-state index in [1.54, 1.807) is 18.7 Å². The minimum absolute atomic E-state index is 0.174. The first-order valence-electron chi connectivity index (χ1n) is 5.75. The molecular weight excluding hydrogens is 244 g/mol. The third kappa shape index (κ3) is 2.35. The molecule has 0 atom stereocenters. The molecule has 0 aliphatic carbocycles. The van der Waals surface area contributed by atoms with Crippen molar-refractivity contribution in [1.82, 2.24) is 9.36 Å². The number of carboxylic acid groups (broad SMARTS) is 1. The highest BCUT2D eigenvalue weighted by atomic mass is 16.4. The lowest BCUT2D eigenvalue weighted by Crippen LogP contribution is -2.20. The number of aliphatic carboxylic acids is 1. The molecule has 0 saturated heterocycles. The molecule has 1 aromatic carbocycles. The first kappa shape index (κ1) is 12.9. The van der Waals surface area contributed by atoms with Gasteiger partial charge in [0.25, 0.3) is 5.56 Å². The lowest BCUT2D eigenvalue weighted by molar-refractivity contribution is -0.297. The molecule has 0 N–H and O–H groups in total. The molecule has 98 valence electrons. The van der Waals surface area contributed by atoms with Gasteiger partial charge in [-0.3, -0.25) is 9.48 Å². The van der Waals surface area contributed by atoms with Crippen LogP contribution in [0.25, 0.3) is 11.8 Å². The number of carbonyl (C=O) groups is 1. The van der Waals surface area contributed by atoms with Gasteiger partial charge in [-0.2, -0.15) is 0 Å². The van der Waals surface area contributed by atoms with Crippen LogP contribution in [0, 0.1) is 6.92 Å². The summed E-state index contributed by atoms with van der Waals surface area (Å²) >= 11 is 0. The molecule has 0 aliphatic rings. The van der Waals surface area contributed by atoms with Crippen molar-refractivity contribution >= 4 is 12.0 Å². The molecule has 19 heavy (non-hydrogen) atoms. The maximum absolute atomic E-state index is 12.2. The molecule has 2 aromatic rings. The van der Waals surface area contributed by atoms with Crippen molar-refractivity contribution in [2.24, 2.45) is 7.05 Å². The molecular formula is C14H13N2O3-. The highest BCUT2D eigenvalue weighted by molar-refractivity contribution is 5.83. The van der Waals surface area contributed by atoms with Gasteiger partial charge in [0.05, 0.1) is 17.4 Å². The molecule has 0 bridgehead atoms. The SMILES string of the molecule is Cc1c(/C=C/C(=O)[O-])n(C)n(-c2ccccc2)c1=O. The number of nitrogens with zero attached hydrogens (tertiary/aromatic N) is 2. The summed E-state index contributed by atoms with van der Waals surface area (Å²) in [6.45, 7) is 1.66. The van der Waals surface area contributed by atoms with Crippen LogP contribution in [0.2, 0.25) is 0 Å². The number of carboxylic acids is 1. The van der Waals surface area contributed by atoms with Crippen LogP contribution in [0.4, 0.5) is 0 Å². The Bertz CT molecular complexity index is 693. The van der Waals surface area contributed by atoms with E-state index in [1.807, 2.05) is 30.3 Å². The van der Waals surface area contributed by atoms with Crippen LogP contribution in [-0.2, 0) is 11.8 Å². The molecule has 0 unspecified atom stereocenters. The highest BCUT2D eigenvalue weighted by Crippen LogP contribution is 2.11. The molecule has 2 rings (SSSR count). The predicted octanol–water partition coefficient (Wildman–Crippen LogP) is 0.248. The van der Waals surface area contributed by atoms with Gasteiger partial charge >= 0.3 is 0 Å². The monoisotopic (exact) mass is 257 g/mol. The van der Waals surface area contributed by atoms with Crippen LogP contribution >= 0.6 is 0 Å². The Balaban J connectivity index is 2.63. The molecule has 0 radical (unpaired) electrons. The summed E-state index contributed by atoms with van der Waals surface area (Å²) in [5.41, 5.74) is 1.58. The highest BCUT2D eigenvalue weighted by Gasteiger charge is 2.13. The van der Waals surface area contributed by atoms with E-state index in [0.29, 0.717) is 11.3 Å². The standard InChI is InChI=1S/C14H14N2O3/c1-10-12(8-9-13(17)18)15(2)16(14(10)19)11-6-4-3-5-7-11/h3-9H,1-2H3,(H,17,18)/p-1/b9-8+. The molecule has 0 saturated carbocycles. The Labute approximate surface area is 110 Å². The van der Waals surface area contributed by atoms with Crippen LogP contribution < -0.4 is 10.7 Å². The Morgan fingerprint density at radius 1 is 1.26 bits per heavy atom. The van der Waals surface area contributed by atoms with E-state index in [9.17, 15) is 14.7 Å². The maximum Gasteiger partial charge on any atom is 0.274 e. The Morgan fingerprint density at radius 3 is 2.47 bits per heavy atom. The van der Waals surface area contributed by atoms with Gasteiger partial charge in [0.1, 0.15) is 0 Å². The van der Waals surface area contributed by atoms with Gasteiger partial charge in [-0.15, -0.1) is 0 Å². The van der Waals surface area contributed by atoms with Gasteiger partial charge in [-0.05, 0) is 31.2 Å². The summed E-state index contributed by atoms with van der Waals surface area (Å²) in [5, 5.41) is 10.5. The van der Waals surface area contributed by atoms with E-state index < -0.39 is 5.97 Å². The Morgan fingerprint density at radius 2 is 1.89 bits per heavy atom. The average molecular weight is 257 g/mol. The fourth-order valence-corrected chi connectivity index (χ4v) is 1.99. The minimum atomic E-state index is -1.29. The molecule has 1 heterocycles. The molecule has 0 fully saturated rings. The smallest absolute Gasteiger partial charge is 0.274 e. The van der Waals surface area contributed by atoms with Crippen molar-refractivity contribution in [2.45, 2.75) is 6.92 Å². The minimum Gasteiger partial charge on any atom is -0.545 e. The van der Waals surface area contributed by atoms with Gasteiger partial charge in [-0.1, -0.05) is 18.2 Å². The third-order valence-corrected chi connectivity index (χ3v) is 2.92. The zero-order valence-electron chi connectivity index (χ0n) is 10.7. The second-order valence-electron chi connectivity index (χ2n) is 4.14. The Hall–Kier alpha value is -2.56. The van der Waals surface area contributed by atoms with Gasteiger partial charge in [0.2, 0.25) is 0 Å². The van der Waals surface area contributed by atoms with Crippen molar-refractivity contribution in [3.63, 3.8) is 0 Å². The number of benzene rings is 1. The van der Waals surface area contributed by atoms with E-state index in [1.165, 1.54) is 10.8 Å². The van der Waals surface area contributed by atoms with Crippen molar-refractivity contribution < 1.29 is 9.90 Å². The number of para-hydroxylation sites is 1. The third-order valence-electron chi connectivity index (χ3n) is 2.92. The first-order chi connectivity index (χ1) is 9.02. The first-order valence-corrected chi connectivity index (χ1v) is 5.75. The van der Waals surface area contributed by atoms with E-state index in [-0.39, 0.29) is 5.56 Å². The second-order valence-corrected chi connectivity index (χ2v) is 4.14. The van der Waals surface area contributed by atoms with Crippen LogP contribution in [0.1, 0.15) is 11.3 Å². The predicted molar refractivity (Wildman–Crippen MR) is 69.8 cm³/mol. The largest absolute Gasteiger partial charge is 0.545 e. The fraction of sp³-hybridized carbons (Fsp3) is 0.143. The lowest BCUT2D eigenvalue weighted by Gasteiger charge is -2.08. The van der Waals surface area contributed by atoms with E-state index in [0.717, 1.165) is 11.8 Å². The van der Waals surface area contributed by atoms with Gasteiger partial charge in [0, 0.05) is 12.6 Å². The molecule has 0 amide bonds.